The van der Waals surface area contributed by atoms with Crippen molar-refractivity contribution in [3.63, 3.8) is 0 Å². The highest BCUT2D eigenvalue weighted by atomic mass is 31.3. The zero-order chi connectivity index (χ0) is 73.3. The number of allylic oxidation sites excluding steroid dienone is 1. The number of rotatable bonds is 32. The number of ketones is 1. The summed E-state index contributed by atoms with van der Waals surface area (Å²) in [6.45, 7) is -0.171. The molecule has 6 aromatic rings. The van der Waals surface area contributed by atoms with E-state index in [1.165, 1.54) is 84.8 Å². The van der Waals surface area contributed by atoms with E-state index < -0.39 is 90.5 Å². The highest BCUT2D eigenvalue weighted by Crippen LogP contribution is 2.56. The van der Waals surface area contributed by atoms with Crippen LogP contribution in [0.2, 0.25) is 0 Å². The zero-order valence-electron chi connectivity index (χ0n) is 53.7. The van der Waals surface area contributed by atoms with Gasteiger partial charge in [-0.2, -0.15) is 0 Å². The summed E-state index contributed by atoms with van der Waals surface area (Å²) in [5, 5.41) is 72.6. The lowest BCUT2D eigenvalue weighted by Crippen LogP contribution is -2.46. The number of benzene rings is 4. The number of carbonyl (C=O) groups is 4. The Bertz CT molecular complexity index is 4010. The molecule has 35 nitrogen and oxygen atoms in total. The van der Waals surface area contributed by atoms with Crippen LogP contribution in [0.5, 0.6) is 46.0 Å². The molecule has 0 aliphatic carbocycles. The van der Waals surface area contributed by atoms with Crippen molar-refractivity contribution in [2.75, 3.05) is 73.7 Å². The van der Waals surface area contributed by atoms with Crippen molar-refractivity contribution < 1.29 is 134 Å². The highest BCUT2D eigenvalue weighted by molar-refractivity contribution is 7.59. The molecule has 7 unspecified atom stereocenters. The van der Waals surface area contributed by atoms with E-state index in [1.807, 2.05) is 0 Å². The van der Waals surface area contributed by atoms with E-state index in [2.05, 4.69) is 43.5 Å². The molecule has 538 valence electrons. The minimum Gasteiger partial charge on any atom is -0.790 e. The average molecular weight is 1440 g/mol. The van der Waals surface area contributed by atoms with Crippen LogP contribution in [0.25, 0.3) is 35.5 Å². The second-order valence-corrected chi connectivity index (χ2v) is 25.3. The van der Waals surface area contributed by atoms with Gasteiger partial charge in [-0.25, -0.2) is 24.1 Å². The number of fused-ring (bicyclic) bond motifs is 1. The number of nitrogens with zero attached hydrogens (tertiary/aromatic N) is 4. The van der Waals surface area contributed by atoms with Crippen molar-refractivity contribution in [2.24, 2.45) is 5.41 Å². The van der Waals surface area contributed by atoms with Gasteiger partial charge < -0.3 is 118 Å². The van der Waals surface area contributed by atoms with Gasteiger partial charge in [-0.05, 0) is 89.0 Å². The van der Waals surface area contributed by atoms with Crippen LogP contribution in [-0.4, -0.2) is 171 Å². The molecule has 7 atom stereocenters. The number of aliphatic hydroxyl groups is 3. The zero-order valence-corrected chi connectivity index (χ0v) is 56.3. The monoisotopic (exact) mass is 1440 g/mol. The van der Waals surface area contributed by atoms with Crippen LogP contribution in [0.4, 0.5) is 5.82 Å². The number of phosphoric acid groups is 3. The van der Waals surface area contributed by atoms with Crippen molar-refractivity contribution in [3.8, 4) is 46.0 Å². The summed E-state index contributed by atoms with van der Waals surface area (Å²) in [4.78, 5) is 108. The van der Waals surface area contributed by atoms with E-state index in [9.17, 15) is 83.1 Å². The van der Waals surface area contributed by atoms with E-state index in [4.69, 9.17) is 39.3 Å². The number of aromatic nitrogens is 4. The number of aromatic hydroxyl groups is 4. The van der Waals surface area contributed by atoms with Crippen LogP contribution in [-0.2, 0) is 60.2 Å². The fourth-order valence-electron chi connectivity index (χ4n) is 8.42. The number of hydrogen-bond acceptors (Lipinski definition) is 32. The molecule has 1 saturated heterocycles. The first kappa shape index (κ1) is 80.6. The molecule has 38 heteroatoms. The minimum atomic E-state index is -5.94. The number of esters is 1. The molecule has 1 fully saturated rings. The number of amides is 2. The van der Waals surface area contributed by atoms with E-state index >= 15 is 0 Å². The number of phosphoric ester groups is 3. The molecule has 4 aromatic carbocycles. The second kappa shape index (κ2) is 37.7. The number of aliphatic hydroxyl groups excluding tert-OH is 3. The lowest BCUT2D eigenvalue weighted by molar-refractivity contribution is -0.347. The number of ether oxygens (including phenoxy) is 6. The van der Waals surface area contributed by atoms with E-state index in [0.29, 0.717) is 28.4 Å². The maximum Gasteiger partial charge on any atom is 0.331 e. The molecule has 99 heavy (non-hydrogen) atoms. The normalized spacial score (nSPS) is 17.0. The molecule has 0 radical (unpaired) electrons. The Balaban J connectivity index is 0.000000367. The van der Waals surface area contributed by atoms with E-state index in [1.54, 1.807) is 78.9 Å². The number of imidazole rings is 1. The molecule has 2 amide bonds. The Morgan fingerprint density at radius 2 is 1.19 bits per heavy atom. The summed E-state index contributed by atoms with van der Waals surface area (Å²) in [6, 6.07) is 19.1. The van der Waals surface area contributed by atoms with Gasteiger partial charge in [0.1, 0.15) is 42.9 Å². The van der Waals surface area contributed by atoms with E-state index in [0.717, 1.165) is 28.3 Å². The summed E-state index contributed by atoms with van der Waals surface area (Å²) in [6.07, 6.45) is 4.62. The quantitative estimate of drug-likeness (QED) is 0.0164. The molecular formula is C61H72N7O28P3-4. The first-order chi connectivity index (χ1) is 46.7. The van der Waals surface area contributed by atoms with Crippen LogP contribution in [0.15, 0.2) is 110 Å². The van der Waals surface area contributed by atoms with Gasteiger partial charge in [0.25, 0.3) is 15.6 Å². The number of methoxy groups -OCH3 is 4. The molecule has 11 N–H and O–H groups in total. The number of nitrogen functional groups attached to an aromatic ring is 1. The fraction of sp³-hybridized carbons (Fsp3) is 0.328. The van der Waals surface area contributed by atoms with Crippen LogP contribution >= 0.6 is 23.5 Å². The van der Waals surface area contributed by atoms with Crippen molar-refractivity contribution in [1.82, 2.24) is 30.2 Å². The SMILES string of the molecule is COc1cc(/C=C/C(=O)CCNC(=O)CCNC(=O)C(O)C(C)(C)COP(=O)([O-])OP(=O)([O-])OCC2OC(n3cnc4c(N)ncnc43)C(O)C2OP(=O)([O-])[O-])ccc1O.COc1cc(/C=C/CO)ccc1O.COc1cc(/C=C/COC(=O)/C=C/c2ccc(O)c(OC)c2)ccc1O. The standard InChI is InChI=1S/C31H44N7O19P3.C20H20O6.C10H12O3/c1-31(2,26(43)29(44)34-11-9-22(41)33-10-8-18(39)6-4-17-5-7-19(40)20(12-17)52-3)14-54-60(50,51)57-59(48,49)53-13-21-25(56-58(45,46)47)24(42)30(55-21)38-16-37-23-27(32)35-15-36-28(23)38;1-24-18-12-14(5-8-16(18)21)4-3-11-26-20(23)10-7-15-6-9-17(22)19(13-15)25-2;1-13-10-7-8(3-2-6-11)4-5-9(10)12/h4-7,12,15-16,21,24-26,30,40,42-43H,8-11,13-14H2,1-3H3,(H,33,41)(H,34,44)(H,48,49)(H,50,51)(H2,32,35,36)(H2,45,46,47);3-10,12-13,21-22H,11H2,1-2H3;2-5,7,11-12H,6H2,1H3/p-4/b6-4+;4-3+,10-7+;3-2+. The third-order valence-electron chi connectivity index (χ3n) is 13.5. The first-order valence-corrected chi connectivity index (χ1v) is 33.4. The van der Waals surface area contributed by atoms with Crippen molar-refractivity contribution >= 4 is 88.3 Å². The van der Waals surface area contributed by atoms with Crippen LogP contribution in [0.3, 0.4) is 0 Å². The number of carbonyl (C=O) groups excluding carboxylic acids is 4. The van der Waals surface area contributed by atoms with Crippen molar-refractivity contribution in [2.45, 2.75) is 57.3 Å². The topological polar surface area (TPSA) is 539 Å². The maximum absolute atomic E-state index is 12.6. The van der Waals surface area contributed by atoms with Gasteiger partial charge >= 0.3 is 5.97 Å². The number of anilines is 1. The van der Waals surface area contributed by atoms with Gasteiger partial charge in [0.15, 0.2) is 69.5 Å². The summed E-state index contributed by atoms with van der Waals surface area (Å²) in [5.41, 5.74) is 6.99. The lowest BCUT2D eigenvalue weighted by Gasteiger charge is -2.36. The number of nitrogens with one attached hydrogen (secondary N) is 2. The van der Waals surface area contributed by atoms with Gasteiger partial charge in [0, 0.05) is 37.4 Å². The van der Waals surface area contributed by atoms with Gasteiger partial charge in [0.2, 0.25) is 11.8 Å². The molecule has 0 saturated carbocycles. The number of phenols is 4. The molecule has 7 rings (SSSR count). The Kier molecular flexibility index (Phi) is 30.7. The number of hydrogen-bond donors (Lipinski definition) is 10. The molecule has 0 bridgehead atoms. The largest absolute Gasteiger partial charge is 0.790 e. The molecular weight excluding hydrogens is 1370 g/mol. The smallest absolute Gasteiger partial charge is 0.331 e. The maximum atomic E-state index is 12.6. The third-order valence-corrected chi connectivity index (χ3v) is 16.5. The van der Waals surface area contributed by atoms with Crippen LogP contribution in [0.1, 0.15) is 55.2 Å². The summed E-state index contributed by atoms with van der Waals surface area (Å²) >= 11 is 0. The van der Waals surface area contributed by atoms with Crippen LogP contribution in [0, 0.1) is 5.41 Å². The Morgan fingerprint density at radius 1 is 0.697 bits per heavy atom. The first-order valence-electron chi connectivity index (χ1n) is 29.0. The summed E-state index contributed by atoms with van der Waals surface area (Å²) < 4.78 is 85.6. The number of phenolic OH excluding ortho intramolecular Hbond substituents is 4. The molecule has 0 spiro atoms. The van der Waals surface area contributed by atoms with E-state index in [-0.39, 0.29) is 90.7 Å². The Morgan fingerprint density at radius 3 is 1.71 bits per heavy atom. The average Bonchev–Trinajstić information content (AvgIpc) is 1.62. The molecule has 1 aliphatic rings. The predicted octanol–water partition coefficient (Wildman–Crippen LogP) is 2.05. The number of nitrogens with two attached hydrogens (primary N) is 1. The Labute approximate surface area is 565 Å². The fourth-order valence-corrected chi connectivity index (χ4v) is 11.2. The lowest BCUT2D eigenvalue weighted by atomic mass is 9.87. The van der Waals surface area contributed by atoms with Gasteiger partial charge in [0.05, 0.1) is 62.4 Å². The van der Waals surface area contributed by atoms with Gasteiger partial charge in [-0.15, -0.1) is 0 Å². The summed E-state index contributed by atoms with van der Waals surface area (Å²) in [7, 11) is -11.9. The van der Waals surface area contributed by atoms with Crippen LogP contribution < -0.4 is 54.9 Å². The molecule has 2 aromatic heterocycles. The highest BCUT2D eigenvalue weighted by Gasteiger charge is 2.47. The molecule has 1 aliphatic heterocycles. The van der Waals surface area contributed by atoms with Crippen molar-refractivity contribution in [3.05, 3.63) is 132 Å². The van der Waals surface area contributed by atoms with Crippen molar-refractivity contribution in [1.29, 1.82) is 0 Å². The predicted molar refractivity (Wildman–Crippen MR) is 343 cm³/mol. The van der Waals surface area contributed by atoms with Gasteiger partial charge in [-0.3, -0.25) is 28.1 Å². The summed E-state index contributed by atoms with van der Waals surface area (Å²) in [5.74, 6) is -1.02. The third kappa shape index (κ3) is 25.9. The minimum absolute atomic E-state index is 0.00317. The second-order valence-electron chi connectivity index (χ2n) is 21.2. The van der Waals surface area contributed by atoms with Gasteiger partial charge in [-0.1, -0.05) is 62.4 Å². The molecule has 3 heterocycles. The Hall–Kier alpha value is -9.12.